The van der Waals surface area contributed by atoms with Gasteiger partial charge in [0.25, 0.3) is 9.28 Å². The van der Waals surface area contributed by atoms with Gasteiger partial charge in [-0.2, -0.15) is 0 Å². The molecule has 0 aromatic heterocycles. The molecule has 0 saturated heterocycles. The first-order chi connectivity index (χ1) is 7.95. The molecule has 1 nitrogen and oxygen atoms in total. The van der Waals surface area contributed by atoms with E-state index in [1.165, 1.54) is 11.1 Å². The Bertz CT molecular complexity index is 474. The van der Waals surface area contributed by atoms with Gasteiger partial charge in [0.15, 0.2) is 0 Å². The summed E-state index contributed by atoms with van der Waals surface area (Å²) in [5.74, 6) is 1.07. The van der Waals surface area contributed by atoms with Gasteiger partial charge in [0.1, 0.15) is 5.76 Å². The van der Waals surface area contributed by atoms with E-state index in [4.69, 9.17) is 4.43 Å². The van der Waals surface area contributed by atoms with Crippen molar-refractivity contribution in [1.29, 1.82) is 0 Å². The zero-order valence-corrected chi connectivity index (χ0v) is 10.7. The van der Waals surface area contributed by atoms with Gasteiger partial charge in [0.05, 0.1) is 9.04 Å². The van der Waals surface area contributed by atoms with E-state index in [9.17, 15) is 0 Å². The van der Waals surface area contributed by atoms with Gasteiger partial charge in [-0.1, -0.05) is 54.6 Å². The van der Waals surface area contributed by atoms with Gasteiger partial charge in [-0.3, -0.25) is 0 Å². The number of hydrogen-bond acceptors (Lipinski definition) is 1. The predicted octanol–water partition coefficient (Wildman–Crippen LogP) is 2.58. The van der Waals surface area contributed by atoms with Crippen LogP contribution in [-0.4, -0.2) is 18.3 Å². The van der Waals surface area contributed by atoms with Gasteiger partial charge >= 0.3 is 0 Å². The maximum atomic E-state index is 5.87. The fraction of sp³-hybridized carbons (Fsp3) is 0.0769. The highest BCUT2D eigenvalue weighted by Crippen LogP contribution is 2.34. The van der Waals surface area contributed by atoms with Crippen LogP contribution < -0.4 is 0 Å². The minimum atomic E-state index is 0.576. The molecular formula is C13H10OSi2. The van der Waals surface area contributed by atoms with Crippen molar-refractivity contribution in [3.8, 4) is 0 Å². The van der Waals surface area contributed by atoms with E-state index in [1.807, 2.05) is 6.07 Å². The molecule has 4 radical (unpaired) electrons. The average molecular weight is 238 g/mol. The Kier molecular flexibility index (Phi) is 2.64. The summed E-state index contributed by atoms with van der Waals surface area (Å²) in [6.07, 6.45) is 8.70. The van der Waals surface area contributed by atoms with Gasteiger partial charge in [-0.05, 0) is 11.1 Å². The lowest BCUT2D eigenvalue weighted by atomic mass is 10.0. The molecule has 16 heavy (non-hydrogen) atoms. The van der Waals surface area contributed by atoms with Gasteiger partial charge in [0.2, 0.25) is 0 Å². The first-order valence-electron chi connectivity index (χ1n) is 5.27. The lowest BCUT2D eigenvalue weighted by Gasteiger charge is -2.26. The van der Waals surface area contributed by atoms with Gasteiger partial charge < -0.3 is 4.43 Å². The summed E-state index contributed by atoms with van der Waals surface area (Å²) in [4.78, 5) is 0. The van der Waals surface area contributed by atoms with E-state index in [0.717, 1.165) is 14.8 Å². The Morgan fingerprint density at radius 1 is 1.06 bits per heavy atom. The van der Waals surface area contributed by atoms with E-state index >= 15 is 0 Å². The molecule has 0 spiro atoms. The second-order valence-electron chi connectivity index (χ2n) is 3.72. The third kappa shape index (κ3) is 1.72. The van der Waals surface area contributed by atoms with E-state index in [1.54, 1.807) is 0 Å². The third-order valence-corrected chi connectivity index (χ3v) is 5.52. The lowest BCUT2D eigenvalue weighted by molar-refractivity contribution is 0.554. The monoisotopic (exact) mass is 238 g/mol. The van der Waals surface area contributed by atoms with E-state index in [-0.39, 0.29) is 0 Å². The van der Waals surface area contributed by atoms with Crippen molar-refractivity contribution in [3.05, 3.63) is 65.8 Å². The van der Waals surface area contributed by atoms with Crippen molar-refractivity contribution in [2.24, 2.45) is 0 Å². The molecule has 0 fully saturated rings. The lowest BCUT2D eigenvalue weighted by Crippen LogP contribution is -2.22. The molecule has 0 bridgehead atoms. The van der Waals surface area contributed by atoms with Crippen molar-refractivity contribution >= 4 is 24.1 Å². The molecule has 76 valence electrons. The van der Waals surface area contributed by atoms with Gasteiger partial charge in [-0.25, -0.2) is 0 Å². The fourth-order valence-electron chi connectivity index (χ4n) is 1.90. The highest BCUT2D eigenvalue weighted by atomic mass is 29.2. The molecule has 1 atom stereocenters. The first kappa shape index (κ1) is 9.87. The Morgan fingerprint density at radius 3 is 2.81 bits per heavy atom. The number of rotatable bonds is 1. The molecule has 0 saturated carbocycles. The zero-order chi connectivity index (χ0) is 10.8. The molecule has 0 N–H and O–H groups in total. The summed E-state index contributed by atoms with van der Waals surface area (Å²) in [7, 11) is 1.47. The molecule has 1 aliphatic heterocycles. The van der Waals surface area contributed by atoms with Crippen molar-refractivity contribution in [3.63, 3.8) is 0 Å². The molecule has 1 unspecified atom stereocenters. The topological polar surface area (TPSA) is 9.23 Å². The van der Waals surface area contributed by atoms with E-state index < -0.39 is 0 Å². The molecule has 2 aliphatic rings. The van der Waals surface area contributed by atoms with Crippen LogP contribution in [0.3, 0.4) is 0 Å². The van der Waals surface area contributed by atoms with Crippen LogP contribution >= 0.6 is 0 Å². The summed E-state index contributed by atoms with van der Waals surface area (Å²) in [5.41, 5.74) is 3.11. The van der Waals surface area contributed by atoms with Crippen molar-refractivity contribution < 1.29 is 4.43 Å². The molecule has 1 heterocycles. The quantitative estimate of drug-likeness (QED) is 0.683. The Hall–Kier alpha value is -1.33. The van der Waals surface area contributed by atoms with Crippen LogP contribution in [0.5, 0.6) is 0 Å². The van der Waals surface area contributed by atoms with Crippen LogP contribution in [0, 0.1) is 0 Å². The molecule has 1 aromatic rings. The summed E-state index contributed by atoms with van der Waals surface area (Å²) in [6.45, 7) is 0. The van der Waals surface area contributed by atoms with Crippen LogP contribution in [0.2, 0.25) is 5.54 Å². The van der Waals surface area contributed by atoms with Crippen LogP contribution in [-0.2, 0) is 4.43 Å². The first-order valence-corrected chi connectivity index (χ1v) is 8.25. The average Bonchev–Trinajstić information content (AvgIpc) is 2.39. The standard InChI is InChI=1S/C13H10OSi2/c1-2-6-10(7-3-1)13-11-8-4-5-9-12(11)15-16-14-13/h1-9,12H. The Labute approximate surface area is 100 Å². The normalized spacial score (nSPS) is 22.9. The van der Waals surface area contributed by atoms with Crippen LogP contribution in [0.1, 0.15) is 5.56 Å². The molecule has 3 rings (SSSR count). The summed E-state index contributed by atoms with van der Waals surface area (Å²) >= 11 is 0. The minimum Gasteiger partial charge on any atom is -0.545 e. The largest absolute Gasteiger partial charge is 0.545 e. The van der Waals surface area contributed by atoms with Crippen LogP contribution in [0.25, 0.3) is 5.76 Å². The number of benzene rings is 1. The Morgan fingerprint density at radius 2 is 1.94 bits per heavy atom. The second-order valence-corrected chi connectivity index (χ2v) is 6.52. The maximum absolute atomic E-state index is 5.87. The third-order valence-electron chi connectivity index (χ3n) is 2.69. The summed E-state index contributed by atoms with van der Waals surface area (Å²) < 4.78 is 5.87. The van der Waals surface area contributed by atoms with Gasteiger partial charge in [0, 0.05) is 5.56 Å². The van der Waals surface area contributed by atoms with Gasteiger partial charge in [-0.15, -0.1) is 0 Å². The highest BCUT2D eigenvalue weighted by molar-refractivity contribution is 6.99. The summed E-state index contributed by atoms with van der Waals surface area (Å²) in [6, 6.07) is 10.4. The van der Waals surface area contributed by atoms with Crippen LogP contribution in [0.4, 0.5) is 0 Å². The summed E-state index contributed by atoms with van der Waals surface area (Å²) in [5, 5.41) is 0. The molecule has 1 aliphatic carbocycles. The molecule has 0 amide bonds. The fourth-order valence-corrected chi connectivity index (χ4v) is 4.64. The highest BCUT2D eigenvalue weighted by Gasteiger charge is 2.24. The smallest absolute Gasteiger partial charge is 0.284 e. The molecule has 3 heteroatoms. The minimum absolute atomic E-state index is 0.576. The van der Waals surface area contributed by atoms with Crippen molar-refractivity contribution in [2.75, 3.05) is 0 Å². The predicted molar refractivity (Wildman–Crippen MR) is 68.0 cm³/mol. The second kappa shape index (κ2) is 4.27. The van der Waals surface area contributed by atoms with E-state index in [2.05, 4.69) is 48.6 Å². The van der Waals surface area contributed by atoms with Crippen molar-refractivity contribution in [2.45, 2.75) is 5.54 Å². The number of fused-ring (bicyclic) bond motifs is 1. The van der Waals surface area contributed by atoms with Crippen molar-refractivity contribution in [1.82, 2.24) is 0 Å². The number of allylic oxidation sites excluding steroid dienone is 5. The van der Waals surface area contributed by atoms with Crippen LogP contribution in [0.15, 0.2) is 60.2 Å². The zero-order valence-electron chi connectivity index (χ0n) is 8.68. The number of hydrogen-bond donors (Lipinski definition) is 0. The van der Waals surface area contributed by atoms with E-state index in [0.29, 0.717) is 14.8 Å². The SMILES string of the molecule is C1=CC2=C(c3ccccc3)O[Si][Si]C2C=C1. The Balaban J connectivity index is 2.08. The molecule has 1 aromatic carbocycles. The maximum Gasteiger partial charge on any atom is 0.284 e. The molecular weight excluding hydrogens is 228 g/mol.